The minimum Gasteiger partial charge on any atom is -0.379 e. The number of amides is 2. The summed E-state index contributed by atoms with van der Waals surface area (Å²) in [7, 11) is 1.93. The van der Waals surface area contributed by atoms with Gasteiger partial charge < -0.3 is 15.0 Å². The van der Waals surface area contributed by atoms with Crippen LogP contribution in [0.4, 0.5) is 4.79 Å². The molecule has 148 valence electrons. The van der Waals surface area contributed by atoms with Crippen molar-refractivity contribution in [2.75, 3.05) is 39.9 Å². The number of nitrogens with zero attached hydrogens (tertiary/aromatic N) is 3. The van der Waals surface area contributed by atoms with E-state index in [1.54, 1.807) is 0 Å². The highest BCUT2D eigenvalue weighted by atomic mass is 16.5. The van der Waals surface area contributed by atoms with Gasteiger partial charge in [-0.1, -0.05) is 18.9 Å². The molecule has 0 radical (unpaired) electrons. The van der Waals surface area contributed by atoms with Crippen LogP contribution in [0.25, 0.3) is 0 Å². The quantitative estimate of drug-likeness (QED) is 0.834. The molecule has 4 rings (SSSR count). The average molecular weight is 373 g/mol. The minimum atomic E-state index is -0.0963. The highest BCUT2D eigenvalue weighted by Crippen LogP contribution is 2.43. The third-order valence-corrected chi connectivity index (χ3v) is 6.36. The molecule has 1 atom stereocenters. The smallest absolute Gasteiger partial charge is 0.318 e. The maximum absolute atomic E-state index is 13.2. The van der Waals surface area contributed by atoms with Crippen LogP contribution in [-0.4, -0.2) is 66.2 Å². The lowest BCUT2D eigenvalue weighted by Crippen LogP contribution is -2.58. The van der Waals surface area contributed by atoms with Crippen LogP contribution in [0.15, 0.2) is 24.4 Å². The molecule has 0 spiro atoms. The molecule has 1 N–H and O–H groups in total. The number of ether oxygens (including phenoxy) is 1. The Labute approximate surface area is 162 Å². The van der Waals surface area contributed by atoms with Gasteiger partial charge in [0.2, 0.25) is 0 Å². The molecule has 1 aliphatic heterocycles. The zero-order valence-corrected chi connectivity index (χ0v) is 16.4. The lowest BCUT2D eigenvalue weighted by molar-refractivity contribution is 0.0244. The fraction of sp³-hybridized carbons (Fsp3) is 0.714. The van der Waals surface area contributed by atoms with E-state index in [-0.39, 0.29) is 17.6 Å². The minimum absolute atomic E-state index is 0.0488. The van der Waals surface area contributed by atoms with Gasteiger partial charge in [-0.2, -0.15) is 0 Å². The molecular weight excluding hydrogens is 340 g/mol. The van der Waals surface area contributed by atoms with Crippen molar-refractivity contribution in [2.24, 2.45) is 5.92 Å². The van der Waals surface area contributed by atoms with E-state index in [1.165, 1.54) is 25.7 Å². The van der Waals surface area contributed by atoms with E-state index < -0.39 is 0 Å². The Hall–Kier alpha value is -1.66. The molecule has 3 aliphatic rings. The predicted molar refractivity (Wildman–Crippen MR) is 104 cm³/mol. The summed E-state index contributed by atoms with van der Waals surface area (Å²) in [5, 5.41) is 3.45. The lowest BCUT2D eigenvalue weighted by atomic mass is 9.96. The van der Waals surface area contributed by atoms with E-state index in [4.69, 9.17) is 4.74 Å². The van der Waals surface area contributed by atoms with Gasteiger partial charge in [0, 0.05) is 32.9 Å². The molecule has 0 aromatic carbocycles. The van der Waals surface area contributed by atoms with Gasteiger partial charge in [0.25, 0.3) is 0 Å². The van der Waals surface area contributed by atoms with Crippen LogP contribution >= 0.6 is 0 Å². The van der Waals surface area contributed by atoms with Crippen molar-refractivity contribution >= 4 is 6.03 Å². The molecule has 27 heavy (non-hydrogen) atoms. The van der Waals surface area contributed by atoms with Crippen molar-refractivity contribution in [3.8, 4) is 0 Å². The standard InChI is InChI=1S/C21H32N4O2/c1-24(19(17-7-8-17)18-6-2-5-11-22-18)20(26)23-21(9-3-4-10-21)16-25-12-14-27-15-13-25/h2,5-6,11,17,19H,3-4,7-10,12-16H2,1H3,(H,23,26). The Morgan fingerprint density at radius 2 is 2.07 bits per heavy atom. The lowest BCUT2D eigenvalue weighted by Gasteiger charge is -2.39. The molecule has 1 aromatic heterocycles. The third kappa shape index (κ3) is 4.43. The summed E-state index contributed by atoms with van der Waals surface area (Å²) in [5.74, 6) is 0.537. The van der Waals surface area contributed by atoms with Crippen LogP contribution in [-0.2, 0) is 4.74 Å². The summed E-state index contributed by atoms with van der Waals surface area (Å²) in [4.78, 5) is 22.1. The van der Waals surface area contributed by atoms with Gasteiger partial charge in [0.15, 0.2) is 0 Å². The Balaban J connectivity index is 1.45. The van der Waals surface area contributed by atoms with Gasteiger partial charge in [0.05, 0.1) is 30.5 Å². The first-order valence-corrected chi connectivity index (χ1v) is 10.4. The maximum atomic E-state index is 13.2. The molecule has 0 bridgehead atoms. The number of pyridine rings is 1. The van der Waals surface area contributed by atoms with Crippen molar-refractivity contribution in [2.45, 2.75) is 50.1 Å². The first kappa shape index (κ1) is 18.7. The van der Waals surface area contributed by atoms with Crippen molar-refractivity contribution in [1.29, 1.82) is 0 Å². The van der Waals surface area contributed by atoms with Crippen LogP contribution in [0, 0.1) is 5.92 Å². The van der Waals surface area contributed by atoms with E-state index in [0.717, 1.165) is 51.4 Å². The van der Waals surface area contributed by atoms with Crippen molar-refractivity contribution in [1.82, 2.24) is 20.1 Å². The molecule has 1 saturated heterocycles. The second kappa shape index (κ2) is 8.15. The van der Waals surface area contributed by atoms with Gasteiger partial charge in [-0.3, -0.25) is 9.88 Å². The Bertz CT molecular complexity index is 622. The number of hydrogen-bond donors (Lipinski definition) is 1. The summed E-state index contributed by atoms with van der Waals surface area (Å²) < 4.78 is 5.49. The van der Waals surface area contributed by atoms with Gasteiger partial charge >= 0.3 is 6.03 Å². The van der Waals surface area contributed by atoms with Crippen LogP contribution in [0.1, 0.15) is 50.3 Å². The molecule has 2 heterocycles. The van der Waals surface area contributed by atoms with E-state index in [9.17, 15) is 4.79 Å². The number of urea groups is 1. The molecule has 1 unspecified atom stereocenters. The first-order chi connectivity index (χ1) is 13.2. The van der Waals surface area contributed by atoms with Crippen LogP contribution < -0.4 is 5.32 Å². The number of rotatable bonds is 6. The van der Waals surface area contributed by atoms with Crippen LogP contribution in [0.3, 0.4) is 0 Å². The number of aromatic nitrogens is 1. The summed E-state index contributed by atoms with van der Waals surface area (Å²) in [5.41, 5.74) is 0.910. The summed E-state index contributed by atoms with van der Waals surface area (Å²) in [6.07, 6.45) is 8.72. The largest absolute Gasteiger partial charge is 0.379 e. The second-order valence-electron chi connectivity index (χ2n) is 8.45. The van der Waals surface area contributed by atoms with Crippen molar-refractivity contribution < 1.29 is 9.53 Å². The van der Waals surface area contributed by atoms with E-state index >= 15 is 0 Å². The second-order valence-corrected chi connectivity index (χ2v) is 8.45. The Kier molecular flexibility index (Phi) is 5.64. The zero-order chi connectivity index (χ0) is 18.7. The van der Waals surface area contributed by atoms with E-state index in [1.807, 2.05) is 36.3 Å². The molecule has 3 fully saturated rings. The van der Waals surface area contributed by atoms with Gasteiger partial charge in [-0.15, -0.1) is 0 Å². The van der Waals surface area contributed by atoms with Gasteiger partial charge in [-0.25, -0.2) is 4.79 Å². The number of morpholine rings is 1. The molecule has 2 aliphatic carbocycles. The summed E-state index contributed by atoms with van der Waals surface area (Å²) in [6, 6.07) is 6.12. The third-order valence-electron chi connectivity index (χ3n) is 6.36. The van der Waals surface area contributed by atoms with Gasteiger partial charge in [0.1, 0.15) is 0 Å². The average Bonchev–Trinajstić information content (AvgIpc) is 3.42. The normalized spacial score (nSPS) is 23.7. The number of hydrogen-bond acceptors (Lipinski definition) is 4. The monoisotopic (exact) mass is 372 g/mol. The highest BCUT2D eigenvalue weighted by Gasteiger charge is 2.41. The summed E-state index contributed by atoms with van der Waals surface area (Å²) in [6.45, 7) is 4.46. The van der Waals surface area contributed by atoms with E-state index in [0.29, 0.717) is 5.92 Å². The fourth-order valence-corrected chi connectivity index (χ4v) is 4.72. The van der Waals surface area contributed by atoms with Gasteiger partial charge in [-0.05, 0) is 43.7 Å². The molecule has 2 amide bonds. The Morgan fingerprint density at radius 1 is 1.33 bits per heavy atom. The Morgan fingerprint density at radius 3 is 2.70 bits per heavy atom. The highest BCUT2D eigenvalue weighted by molar-refractivity contribution is 5.75. The van der Waals surface area contributed by atoms with Crippen LogP contribution in [0.5, 0.6) is 0 Å². The fourth-order valence-electron chi connectivity index (χ4n) is 4.72. The SMILES string of the molecule is CN(C(=O)NC1(CN2CCOCC2)CCCC1)C(c1ccccn1)C1CC1. The molecule has 2 saturated carbocycles. The predicted octanol–water partition coefficient (Wildman–Crippen LogP) is 2.82. The van der Waals surface area contributed by atoms with E-state index in [2.05, 4.69) is 15.2 Å². The number of carbonyl (C=O) groups is 1. The molecule has 6 nitrogen and oxygen atoms in total. The number of carbonyl (C=O) groups excluding carboxylic acids is 1. The maximum Gasteiger partial charge on any atom is 0.318 e. The topological polar surface area (TPSA) is 57.7 Å². The summed E-state index contributed by atoms with van der Waals surface area (Å²) >= 11 is 0. The zero-order valence-electron chi connectivity index (χ0n) is 16.4. The molecular formula is C21H32N4O2. The number of nitrogens with one attached hydrogen (secondary N) is 1. The first-order valence-electron chi connectivity index (χ1n) is 10.4. The van der Waals surface area contributed by atoms with Crippen molar-refractivity contribution in [3.05, 3.63) is 30.1 Å². The molecule has 6 heteroatoms. The van der Waals surface area contributed by atoms with Crippen LogP contribution in [0.2, 0.25) is 0 Å². The van der Waals surface area contributed by atoms with Crippen molar-refractivity contribution in [3.63, 3.8) is 0 Å². The molecule has 1 aromatic rings.